The fourth-order valence-corrected chi connectivity index (χ4v) is 3.88. The molecule has 0 amide bonds. The molecule has 146 valence electrons. The van der Waals surface area contributed by atoms with Crippen LogP contribution in [0.2, 0.25) is 5.02 Å². The van der Waals surface area contributed by atoms with Crippen molar-refractivity contribution in [1.82, 2.24) is 19.1 Å². The van der Waals surface area contributed by atoms with Crippen LogP contribution in [0.3, 0.4) is 0 Å². The third kappa shape index (κ3) is 2.75. The number of fused-ring (bicyclic) bond motifs is 2. The zero-order chi connectivity index (χ0) is 19.5. The summed E-state index contributed by atoms with van der Waals surface area (Å²) in [5.74, 6) is 1.17. The van der Waals surface area contributed by atoms with Crippen LogP contribution in [-0.2, 0) is 20.0 Å². The molecule has 0 atom stereocenters. The van der Waals surface area contributed by atoms with E-state index in [0.29, 0.717) is 41.0 Å². The maximum absolute atomic E-state index is 12.7. The molecule has 0 bridgehead atoms. The SMILES string of the molecule is Cn1c(=O)n(CC2(CO)CC2)c2nc(Nc3cc4c(cc3Cl)OCC4)ncc21. The molecular weight excluding hydrogens is 382 g/mol. The highest BCUT2D eigenvalue weighted by atomic mass is 35.5. The zero-order valence-corrected chi connectivity index (χ0v) is 16.2. The molecule has 0 saturated heterocycles. The normalized spacial score (nSPS) is 16.8. The first-order chi connectivity index (χ1) is 13.5. The zero-order valence-electron chi connectivity index (χ0n) is 15.4. The van der Waals surface area contributed by atoms with Gasteiger partial charge >= 0.3 is 5.69 Å². The van der Waals surface area contributed by atoms with E-state index in [1.54, 1.807) is 23.9 Å². The number of aliphatic hydroxyl groups excluding tert-OH is 1. The number of imidazole rings is 1. The van der Waals surface area contributed by atoms with E-state index in [1.165, 1.54) is 4.57 Å². The molecule has 1 saturated carbocycles. The van der Waals surface area contributed by atoms with E-state index in [-0.39, 0.29) is 17.7 Å². The lowest BCUT2D eigenvalue weighted by Crippen LogP contribution is -2.27. The third-order valence-corrected chi connectivity index (χ3v) is 6.01. The number of ether oxygens (including phenoxy) is 1. The van der Waals surface area contributed by atoms with E-state index >= 15 is 0 Å². The van der Waals surface area contributed by atoms with Gasteiger partial charge in [-0.1, -0.05) is 11.6 Å². The van der Waals surface area contributed by atoms with Crippen molar-refractivity contribution in [3.05, 3.63) is 39.4 Å². The number of halogens is 1. The van der Waals surface area contributed by atoms with Crippen LogP contribution in [-0.4, -0.2) is 37.4 Å². The van der Waals surface area contributed by atoms with Crippen LogP contribution in [0, 0.1) is 5.41 Å². The number of aliphatic hydroxyl groups is 1. The lowest BCUT2D eigenvalue weighted by atomic mass is 10.1. The van der Waals surface area contributed by atoms with Crippen molar-refractivity contribution in [2.75, 3.05) is 18.5 Å². The highest BCUT2D eigenvalue weighted by Gasteiger charge is 2.43. The fourth-order valence-electron chi connectivity index (χ4n) is 3.67. The molecule has 0 radical (unpaired) electrons. The molecule has 1 aliphatic heterocycles. The summed E-state index contributed by atoms with van der Waals surface area (Å²) in [6.07, 6.45) is 4.29. The summed E-state index contributed by atoms with van der Waals surface area (Å²) in [5, 5.41) is 13.3. The summed E-state index contributed by atoms with van der Waals surface area (Å²) < 4.78 is 8.69. The first-order valence-corrected chi connectivity index (χ1v) is 9.63. The molecule has 1 aliphatic carbocycles. The quantitative estimate of drug-likeness (QED) is 0.681. The molecule has 2 aromatic heterocycles. The Morgan fingerprint density at radius 2 is 2.21 bits per heavy atom. The second kappa shape index (κ2) is 6.22. The average Bonchev–Trinajstić information content (AvgIpc) is 3.27. The van der Waals surface area contributed by atoms with Gasteiger partial charge in [0.25, 0.3) is 0 Å². The van der Waals surface area contributed by atoms with Gasteiger partial charge in [0.05, 0.1) is 30.1 Å². The van der Waals surface area contributed by atoms with Gasteiger partial charge in [-0.15, -0.1) is 0 Å². The van der Waals surface area contributed by atoms with Gasteiger partial charge in [-0.2, -0.15) is 4.98 Å². The molecule has 0 spiro atoms. The number of nitrogens with zero attached hydrogens (tertiary/aromatic N) is 4. The lowest BCUT2D eigenvalue weighted by Gasteiger charge is -2.12. The Morgan fingerprint density at radius 1 is 1.39 bits per heavy atom. The summed E-state index contributed by atoms with van der Waals surface area (Å²) in [6.45, 7) is 1.17. The Kier molecular flexibility index (Phi) is 3.89. The van der Waals surface area contributed by atoms with E-state index in [0.717, 1.165) is 30.6 Å². The monoisotopic (exact) mass is 401 g/mol. The molecule has 3 heterocycles. The largest absolute Gasteiger partial charge is 0.493 e. The van der Waals surface area contributed by atoms with Crippen LogP contribution in [0.25, 0.3) is 11.2 Å². The first kappa shape index (κ1) is 17.5. The van der Waals surface area contributed by atoms with Gasteiger partial charge in [0.2, 0.25) is 5.95 Å². The molecular formula is C19H20ClN5O3. The van der Waals surface area contributed by atoms with Crippen LogP contribution < -0.4 is 15.7 Å². The van der Waals surface area contributed by atoms with Crippen LogP contribution in [0.15, 0.2) is 23.1 Å². The summed E-state index contributed by atoms with van der Waals surface area (Å²) in [7, 11) is 1.70. The summed E-state index contributed by atoms with van der Waals surface area (Å²) in [6, 6.07) is 3.74. The number of aromatic nitrogens is 4. The number of nitrogens with one attached hydrogen (secondary N) is 1. The Bertz CT molecular complexity index is 1150. The maximum Gasteiger partial charge on any atom is 0.330 e. The van der Waals surface area contributed by atoms with Crippen molar-refractivity contribution < 1.29 is 9.84 Å². The minimum Gasteiger partial charge on any atom is -0.493 e. The smallest absolute Gasteiger partial charge is 0.330 e. The van der Waals surface area contributed by atoms with Gasteiger partial charge in [-0.3, -0.25) is 9.13 Å². The van der Waals surface area contributed by atoms with Crippen LogP contribution in [0.1, 0.15) is 18.4 Å². The van der Waals surface area contributed by atoms with E-state index in [2.05, 4.69) is 15.3 Å². The van der Waals surface area contributed by atoms with Gasteiger partial charge in [-0.05, 0) is 24.5 Å². The molecule has 0 unspecified atom stereocenters. The number of anilines is 2. The Labute approximate surface area is 165 Å². The summed E-state index contributed by atoms with van der Waals surface area (Å²) >= 11 is 6.37. The van der Waals surface area contributed by atoms with E-state index < -0.39 is 0 Å². The van der Waals surface area contributed by atoms with Gasteiger partial charge in [0, 0.05) is 31.5 Å². The van der Waals surface area contributed by atoms with E-state index in [9.17, 15) is 9.90 Å². The predicted molar refractivity (Wildman–Crippen MR) is 105 cm³/mol. The van der Waals surface area contributed by atoms with Gasteiger partial charge in [0.1, 0.15) is 11.3 Å². The topological polar surface area (TPSA) is 94.2 Å². The molecule has 9 heteroatoms. The summed E-state index contributed by atoms with van der Waals surface area (Å²) in [4.78, 5) is 21.6. The van der Waals surface area contributed by atoms with Gasteiger partial charge < -0.3 is 15.2 Å². The molecule has 3 aromatic rings. The van der Waals surface area contributed by atoms with Crippen molar-refractivity contribution in [1.29, 1.82) is 0 Å². The van der Waals surface area contributed by atoms with Crippen molar-refractivity contribution in [3.63, 3.8) is 0 Å². The molecule has 28 heavy (non-hydrogen) atoms. The van der Waals surface area contributed by atoms with Crippen LogP contribution in [0.4, 0.5) is 11.6 Å². The van der Waals surface area contributed by atoms with Crippen LogP contribution >= 0.6 is 11.6 Å². The average molecular weight is 402 g/mol. The van der Waals surface area contributed by atoms with Gasteiger partial charge in [0.15, 0.2) is 5.65 Å². The number of hydrogen-bond acceptors (Lipinski definition) is 6. The Morgan fingerprint density at radius 3 is 2.96 bits per heavy atom. The number of hydrogen-bond donors (Lipinski definition) is 2. The molecule has 8 nitrogen and oxygen atoms in total. The first-order valence-electron chi connectivity index (χ1n) is 9.25. The highest BCUT2D eigenvalue weighted by Crippen LogP contribution is 2.46. The Balaban J connectivity index is 1.54. The second-order valence-electron chi connectivity index (χ2n) is 7.65. The lowest BCUT2D eigenvalue weighted by molar-refractivity contribution is 0.194. The molecule has 2 N–H and O–H groups in total. The van der Waals surface area contributed by atoms with Crippen molar-refractivity contribution >= 4 is 34.4 Å². The number of benzene rings is 1. The minimum absolute atomic E-state index is 0.0683. The van der Waals surface area contributed by atoms with E-state index in [4.69, 9.17) is 16.3 Å². The highest BCUT2D eigenvalue weighted by molar-refractivity contribution is 6.33. The van der Waals surface area contributed by atoms with Crippen LogP contribution in [0.5, 0.6) is 5.75 Å². The molecule has 5 rings (SSSR count). The number of aryl methyl sites for hydroxylation is 1. The number of rotatable bonds is 5. The molecule has 2 aliphatic rings. The van der Waals surface area contributed by atoms with Crippen molar-refractivity contribution in [2.24, 2.45) is 12.5 Å². The molecule has 1 aromatic carbocycles. The van der Waals surface area contributed by atoms with Crippen molar-refractivity contribution in [2.45, 2.75) is 25.8 Å². The second-order valence-corrected chi connectivity index (χ2v) is 8.06. The maximum atomic E-state index is 12.7. The predicted octanol–water partition coefficient (Wildman–Crippen LogP) is 2.23. The fraction of sp³-hybridized carbons (Fsp3) is 0.421. The van der Waals surface area contributed by atoms with E-state index in [1.807, 2.05) is 6.07 Å². The van der Waals surface area contributed by atoms with Crippen molar-refractivity contribution in [3.8, 4) is 5.75 Å². The molecule has 1 fully saturated rings. The summed E-state index contributed by atoms with van der Waals surface area (Å²) in [5.41, 5.74) is 2.62. The van der Waals surface area contributed by atoms with Gasteiger partial charge in [-0.25, -0.2) is 9.78 Å². The third-order valence-electron chi connectivity index (χ3n) is 5.70. The standard InChI is InChI=1S/C19H20ClN5O3/c1-24-14-8-21-17(22-13-6-11-2-5-28-15(11)7-12(13)20)23-16(14)25(18(24)27)9-19(10-26)3-4-19/h6-8,26H,2-5,9-10H2,1H3,(H,21,22,23). The minimum atomic E-state index is -0.208. The Hall–Kier alpha value is -2.58.